The molecule has 0 aromatic heterocycles. The molecule has 2 N–H and O–H groups in total. The van der Waals surface area contributed by atoms with Crippen molar-refractivity contribution in [2.75, 3.05) is 5.32 Å². The van der Waals surface area contributed by atoms with Gasteiger partial charge in [-0.1, -0.05) is 48.9 Å². The fraction of sp³-hybridized carbons (Fsp3) is 0.350. The molecule has 0 saturated carbocycles. The fourth-order valence-electron chi connectivity index (χ4n) is 3.87. The number of aliphatic imine (C=N–C) groups is 1. The van der Waals surface area contributed by atoms with Crippen LogP contribution in [0.1, 0.15) is 38.3 Å². The van der Waals surface area contributed by atoms with Gasteiger partial charge in [-0.15, -0.1) is 0 Å². The molecule has 0 saturated heterocycles. The number of nitrogens with zero attached hydrogens (tertiary/aromatic N) is 1. The van der Waals surface area contributed by atoms with Crippen LogP contribution in [0.2, 0.25) is 0 Å². The molecule has 0 spiro atoms. The first-order chi connectivity index (χ1) is 11.3. The number of para-hydroxylation sites is 2. The molecule has 3 atom stereocenters. The summed E-state index contributed by atoms with van der Waals surface area (Å²) in [4.78, 5) is 4.63. The molecule has 2 aliphatic rings. The highest BCUT2D eigenvalue weighted by Gasteiger charge is 2.48. The zero-order valence-electron chi connectivity index (χ0n) is 14.1. The summed E-state index contributed by atoms with van der Waals surface area (Å²) in [7, 11) is 0. The summed E-state index contributed by atoms with van der Waals surface area (Å²) in [6.45, 7) is 5.38. The Balaban J connectivity index is 1.73. The molecule has 4 heteroatoms. The second-order valence-electron chi connectivity index (χ2n) is 7.36. The first-order valence-corrected chi connectivity index (χ1v) is 8.24. The molecule has 0 radical (unpaired) electrons. The number of hydrogen-bond donors (Lipinski definition) is 2. The Kier molecular flexibility index (Phi) is 3.00. The zero-order chi connectivity index (χ0) is 17.2. The summed E-state index contributed by atoms with van der Waals surface area (Å²) in [5.74, 6) is 0. The largest absolute Gasteiger partial charge is 0.844 e. The molecular formula is C20H21N2O2-. The third kappa shape index (κ3) is 1.90. The molecule has 2 heterocycles. The van der Waals surface area contributed by atoms with Crippen LogP contribution >= 0.6 is 0 Å². The van der Waals surface area contributed by atoms with Crippen LogP contribution in [0.15, 0.2) is 53.5 Å². The average molecular weight is 321 g/mol. The van der Waals surface area contributed by atoms with Crippen molar-refractivity contribution >= 4 is 17.1 Å². The summed E-state index contributed by atoms with van der Waals surface area (Å²) in [5, 5.41) is 27.8. The number of hydrogen-bond acceptors (Lipinski definition) is 4. The quantitative estimate of drug-likeness (QED) is 0.894. The molecular weight excluding hydrogens is 300 g/mol. The molecule has 2 aromatic carbocycles. The minimum Gasteiger partial charge on any atom is -0.844 e. The highest BCUT2D eigenvalue weighted by molar-refractivity contribution is 6.01. The van der Waals surface area contributed by atoms with Gasteiger partial charge in [0.2, 0.25) is 0 Å². The molecule has 0 amide bonds. The third-order valence-electron chi connectivity index (χ3n) is 5.67. The molecule has 0 fully saturated rings. The van der Waals surface area contributed by atoms with Crippen molar-refractivity contribution in [1.29, 1.82) is 0 Å². The molecule has 0 bridgehead atoms. The number of rotatable bonds is 2. The Bertz CT molecular complexity index is 854. The van der Waals surface area contributed by atoms with Crippen LogP contribution in [0, 0.1) is 0 Å². The van der Waals surface area contributed by atoms with E-state index >= 15 is 0 Å². The molecule has 24 heavy (non-hydrogen) atoms. The highest BCUT2D eigenvalue weighted by Crippen LogP contribution is 2.48. The van der Waals surface area contributed by atoms with Crippen molar-refractivity contribution in [2.45, 2.75) is 43.9 Å². The van der Waals surface area contributed by atoms with Crippen molar-refractivity contribution in [3.05, 3.63) is 59.7 Å². The standard InChI is InChI=1S/C20H21N2O2/c1-18(20(3,24)14-9-5-7-11-16(14)22-18)12-17-19(2,23)13-8-4-6-10-15(13)21-17/h4-11,22-23H,12H2,1-3H3/q-1. The van der Waals surface area contributed by atoms with E-state index in [0.29, 0.717) is 12.1 Å². The van der Waals surface area contributed by atoms with Crippen molar-refractivity contribution in [3.8, 4) is 0 Å². The normalized spacial score (nSPS) is 33.6. The van der Waals surface area contributed by atoms with E-state index in [2.05, 4.69) is 10.3 Å². The zero-order valence-corrected chi connectivity index (χ0v) is 14.1. The van der Waals surface area contributed by atoms with E-state index in [4.69, 9.17) is 0 Å². The maximum absolute atomic E-state index is 13.5. The van der Waals surface area contributed by atoms with Crippen LogP contribution in [0.25, 0.3) is 0 Å². The molecule has 2 aliphatic heterocycles. The second-order valence-corrected chi connectivity index (χ2v) is 7.36. The minimum absolute atomic E-state index is 0.378. The summed E-state index contributed by atoms with van der Waals surface area (Å²) in [6, 6.07) is 15.2. The number of benzene rings is 2. The lowest BCUT2D eigenvalue weighted by molar-refractivity contribution is -0.493. The van der Waals surface area contributed by atoms with Gasteiger partial charge in [-0.2, -0.15) is 0 Å². The Hall–Kier alpha value is -2.17. The SMILES string of the molecule is CC1(O)C(CC2(C)Nc3ccccc3C2(C)[O-])=Nc2ccccc21. The van der Waals surface area contributed by atoms with Gasteiger partial charge in [0, 0.05) is 23.2 Å². The Morgan fingerprint density at radius 3 is 2.29 bits per heavy atom. The fourth-order valence-corrected chi connectivity index (χ4v) is 3.87. The van der Waals surface area contributed by atoms with Gasteiger partial charge in [-0.3, -0.25) is 4.99 Å². The Morgan fingerprint density at radius 1 is 1.00 bits per heavy atom. The average Bonchev–Trinajstić information content (AvgIpc) is 2.89. The van der Waals surface area contributed by atoms with E-state index in [9.17, 15) is 10.2 Å². The molecule has 2 aromatic rings. The number of fused-ring (bicyclic) bond motifs is 2. The molecule has 4 nitrogen and oxygen atoms in total. The van der Waals surface area contributed by atoms with Gasteiger partial charge in [0.25, 0.3) is 0 Å². The van der Waals surface area contributed by atoms with E-state index in [-0.39, 0.29) is 0 Å². The van der Waals surface area contributed by atoms with Gasteiger partial charge in [0.15, 0.2) is 0 Å². The molecule has 4 rings (SSSR count). The van der Waals surface area contributed by atoms with Crippen LogP contribution in [0.4, 0.5) is 11.4 Å². The second kappa shape index (κ2) is 4.68. The van der Waals surface area contributed by atoms with Gasteiger partial charge in [0.05, 0.1) is 11.4 Å². The van der Waals surface area contributed by atoms with Gasteiger partial charge in [-0.05, 0) is 31.5 Å². The topological polar surface area (TPSA) is 67.7 Å². The van der Waals surface area contributed by atoms with Crippen molar-refractivity contribution in [1.82, 2.24) is 0 Å². The van der Waals surface area contributed by atoms with E-state index < -0.39 is 16.7 Å². The number of aliphatic hydroxyl groups is 1. The first-order valence-electron chi connectivity index (χ1n) is 8.24. The van der Waals surface area contributed by atoms with Crippen LogP contribution in [0.3, 0.4) is 0 Å². The lowest BCUT2D eigenvalue weighted by Crippen LogP contribution is -2.58. The van der Waals surface area contributed by atoms with Crippen molar-refractivity contribution < 1.29 is 10.2 Å². The number of anilines is 1. The summed E-state index contributed by atoms with van der Waals surface area (Å²) < 4.78 is 0. The first kappa shape index (κ1) is 15.4. The van der Waals surface area contributed by atoms with Crippen molar-refractivity contribution in [2.24, 2.45) is 4.99 Å². The molecule has 3 unspecified atom stereocenters. The van der Waals surface area contributed by atoms with E-state index in [1.54, 1.807) is 13.8 Å². The number of nitrogens with one attached hydrogen (secondary N) is 1. The molecule has 0 aliphatic carbocycles. The maximum Gasteiger partial charge on any atom is 0.127 e. The van der Waals surface area contributed by atoms with Crippen LogP contribution in [-0.2, 0) is 11.2 Å². The summed E-state index contributed by atoms with van der Waals surface area (Å²) in [5.41, 5.74) is 0.631. The van der Waals surface area contributed by atoms with E-state index in [0.717, 1.165) is 22.5 Å². The van der Waals surface area contributed by atoms with Crippen LogP contribution in [0.5, 0.6) is 0 Å². The smallest absolute Gasteiger partial charge is 0.127 e. The van der Waals surface area contributed by atoms with Crippen molar-refractivity contribution in [3.63, 3.8) is 0 Å². The van der Waals surface area contributed by atoms with E-state index in [1.165, 1.54) is 0 Å². The summed E-state index contributed by atoms with van der Waals surface area (Å²) >= 11 is 0. The van der Waals surface area contributed by atoms with Crippen LogP contribution in [-0.4, -0.2) is 16.4 Å². The van der Waals surface area contributed by atoms with Gasteiger partial charge >= 0.3 is 0 Å². The van der Waals surface area contributed by atoms with Gasteiger partial charge in [-0.25, -0.2) is 0 Å². The maximum atomic E-state index is 13.5. The monoisotopic (exact) mass is 321 g/mol. The van der Waals surface area contributed by atoms with Gasteiger partial charge < -0.3 is 15.5 Å². The van der Waals surface area contributed by atoms with Crippen LogP contribution < -0.4 is 10.4 Å². The molecule has 124 valence electrons. The lowest BCUT2D eigenvalue weighted by Gasteiger charge is -2.48. The minimum atomic E-state index is -1.31. The Labute approximate surface area is 141 Å². The predicted octanol–water partition coefficient (Wildman–Crippen LogP) is 2.83. The van der Waals surface area contributed by atoms with Gasteiger partial charge in [0.1, 0.15) is 5.60 Å². The predicted molar refractivity (Wildman–Crippen MR) is 93.5 cm³/mol. The third-order valence-corrected chi connectivity index (χ3v) is 5.67. The Morgan fingerprint density at radius 2 is 1.62 bits per heavy atom. The van der Waals surface area contributed by atoms with E-state index in [1.807, 2.05) is 55.5 Å². The summed E-state index contributed by atoms with van der Waals surface area (Å²) in [6.07, 6.45) is 0.378. The highest BCUT2D eigenvalue weighted by atomic mass is 16.3. The lowest BCUT2D eigenvalue weighted by atomic mass is 9.75.